The van der Waals surface area contributed by atoms with E-state index in [9.17, 15) is 9.59 Å². The second-order valence-electron chi connectivity index (χ2n) is 6.04. The van der Waals surface area contributed by atoms with Gasteiger partial charge in [-0.1, -0.05) is 6.07 Å². The van der Waals surface area contributed by atoms with Gasteiger partial charge in [0.05, 0.1) is 19.3 Å². The molecule has 3 aromatic rings. The standard InChI is InChI=1S/C22H21N3O4/c1-3-29-19-9-7-17(8-10-19)24-20-14-15(11-12-23-20)21(26)25-18-6-4-5-16(13-18)22(27)28-2/h4-14H,3H2,1-2H3,(H,23,24)(H,25,26). The molecule has 2 aromatic carbocycles. The summed E-state index contributed by atoms with van der Waals surface area (Å²) in [7, 11) is 1.31. The normalized spacial score (nSPS) is 10.1. The Morgan fingerprint density at radius 1 is 0.966 bits per heavy atom. The maximum Gasteiger partial charge on any atom is 0.337 e. The van der Waals surface area contributed by atoms with Gasteiger partial charge in [-0.05, 0) is 61.5 Å². The third-order valence-corrected chi connectivity index (χ3v) is 4.00. The lowest BCUT2D eigenvalue weighted by molar-refractivity contribution is 0.0600. The minimum Gasteiger partial charge on any atom is -0.494 e. The van der Waals surface area contributed by atoms with Crippen LogP contribution < -0.4 is 15.4 Å². The van der Waals surface area contributed by atoms with Crippen LogP contribution in [0.15, 0.2) is 66.9 Å². The summed E-state index contributed by atoms with van der Waals surface area (Å²) < 4.78 is 10.1. The van der Waals surface area contributed by atoms with Crippen LogP contribution in [0, 0.1) is 0 Å². The number of nitrogens with one attached hydrogen (secondary N) is 2. The first-order valence-electron chi connectivity index (χ1n) is 9.04. The van der Waals surface area contributed by atoms with E-state index in [0.717, 1.165) is 11.4 Å². The van der Waals surface area contributed by atoms with E-state index < -0.39 is 5.97 Å². The average Bonchev–Trinajstić information content (AvgIpc) is 2.75. The van der Waals surface area contributed by atoms with Gasteiger partial charge in [0, 0.05) is 23.1 Å². The number of anilines is 3. The van der Waals surface area contributed by atoms with Gasteiger partial charge in [-0.15, -0.1) is 0 Å². The number of esters is 1. The molecule has 7 heteroatoms. The van der Waals surface area contributed by atoms with Crippen molar-refractivity contribution in [3.05, 3.63) is 78.0 Å². The van der Waals surface area contributed by atoms with Gasteiger partial charge in [0.25, 0.3) is 5.91 Å². The Balaban J connectivity index is 1.70. The number of ether oxygens (including phenoxy) is 2. The SMILES string of the molecule is CCOc1ccc(Nc2cc(C(=O)Nc3cccc(C(=O)OC)c3)ccn2)cc1. The summed E-state index contributed by atoms with van der Waals surface area (Å²) in [5, 5.41) is 5.93. The van der Waals surface area contributed by atoms with Gasteiger partial charge in [0.1, 0.15) is 11.6 Å². The minimum atomic E-state index is -0.466. The molecule has 7 nitrogen and oxygen atoms in total. The summed E-state index contributed by atoms with van der Waals surface area (Å²) in [6.07, 6.45) is 1.55. The molecule has 148 valence electrons. The Morgan fingerprint density at radius 2 is 1.76 bits per heavy atom. The molecule has 1 amide bonds. The zero-order valence-corrected chi connectivity index (χ0v) is 16.1. The average molecular weight is 391 g/mol. The molecule has 0 unspecified atom stereocenters. The maximum absolute atomic E-state index is 12.6. The Hall–Kier alpha value is -3.87. The molecular formula is C22H21N3O4. The summed E-state index contributed by atoms with van der Waals surface area (Å²) in [4.78, 5) is 28.5. The van der Waals surface area contributed by atoms with E-state index >= 15 is 0 Å². The number of hydrogen-bond acceptors (Lipinski definition) is 6. The van der Waals surface area contributed by atoms with Crippen LogP contribution in [-0.2, 0) is 4.74 Å². The van der Waals surface area contributed by atoms with Gasteiger partial charge in [0.15, 0.2) is 0 Å². The maximum atomic E-state index is 12.6. The number of benzene rings is 2. The Kier molecular flexibility index (Phi) is 6.42. The molecule has 2 N–H and O–H groups in total. The monoisotopic (exact) mass is 391 g/mol. The van der Waals surface area contributed by atoms with Gasteiger partial charge >= 0.3 is 5.97 Å². The van der Waals surface area contributed by atoms with Gasteiger partial charge in [0.2, 0.25) is 0 Å². The van der Waals surface area contributed by atoms with Crippen molar-refractivity contribution in [1.82, 2.24) is 4.98 Å². The first-order chi connectivity index (χ1) is 14.1. The zero-order valence-electron chi connectivity index (χ0n) is 16.1. The number of pyridine rings is 1. The summed E-state index contributed by atoms with van der Waals surface area (Å²) in [6.45, 7) is 2.53. The number of carbonyl (C=O) groups is 2. The minimum absolute atomic E-state index is 0.316. The number of nitrogens with zero attached hydrogens (tertiary/aromatic N) is 1. The van der Waals surface area contributed by atoms with Crippen LogP contribution in [0.4, 0.5) is 17.2 Å². The zero-order chi connectivity index (χ0) is 20.6. The number of carbonyl (C=O) groups excluding carboxylic acids is 2. The number of hydrogen-bond donors (Lipinski definition) is 2. The van der Waals surface area contributed by atoms with Crippen molar-refractivity contribution in [2.75, 3.05) is 24.4 Å². The number of methoxy groups -OCH3 is 1. The molecule has 0 aliphatic heterocycles. The van der Waals surface area contributed by atoms with Crippen molar-refractivity contribution in [2.24, 2.45) is 0 Å². The first-order valence-corrected chi connectivity index (χ1v) is 9.04. The predicted molar refractivity (Wildman–Crippen MR) is 111 cm³/mol. The number of rotatable bonds is 7. The molecule has 3 rings (SSSR count). The molecule has 0 aliphatic rings. The molecule has 0 saturated heterocycles. The molecule has 29 heavy (non-hydrogen) atoms. The van der Waals surface area contributed by atoms with Crippen LogP contribution in [0.2, 0.25) is 0 Å². The summed E-state index contributed by atoms with van der Waals surface area (Å²) in [5.41, 5.74) is 2.11. The molecule has 0 atom stereocenters. The topological polar surface area (TPSA) is 89.6 Å². The smallest absolute Gasteiger partial charge is 0.337 e. The quantitative estimate of drug-likeness (QED) is 0.585. The van der Waals surface area contributed by atoms with Crippen LogP contribution in [0.5, 0.6) is 5.75 Å². The third-order valence-electron chi connectivity index (χ3n) is 4.00. The second kappa shape index (κ2) is 9.36. The molecule has 0 bridgehead atoms. The molecule has 1 heterocycles. The van der Waals surface area contributed by atoms with Crippen molar-refractivity contribution in [3.8, 4) is 5.75 Å². The van der Waals surface area contributed by atoms with E-state index in [4.69, 9.17) is 9.47 Å². The highest BCUT2D eigenvalue weighted by Gasteiger charge is 2.10. The van der Waals surface area contributed by atoms with Crippen LogP contribution in [0.25, 0.3) is 0 Å². The predicted octanol–water partition coefficient (Wildman–Crippen LogP) is 4.26. The number of amides is 1. The molecule has 0 saturated carbocycles. The van der Waals surface area contributed by atoms with E-state index in [0.29, 0.717) is 29.2 Å². The fourth-order valence-electron chi connectivity index (χ4n) is 2.63. The van der Waals surface area contributed by atoms with Crippen molar-refractivity contribution >= 4 is 29.1 Å². The van der Waals surface area contributed by atoms with E-state index in [1.54, 1.807) is 42.6 Å². The Labute approximate surface area is 168 Å². The highest BCUT2D eigenvalue weighted by atomic mass is 16.5. The molecule has 0 fully saturated rings. The van der Waals surface area contributed by atoms with Crippen molar-refractivity contribution in [3.63, 3.8) is 0 Å². The highest BCUT2D eigenvalue weighted by Crippen LogP contribution is 2.20. The molecule has 0 spiro atoms. The molecule has 1 aromatic heterocycles. The Morgan fingerprint density at radius 3 is 2.48 bits per heavy atom. The van der Waals surface area contributed by atoms with E-state index in [2.05, 4.69) is 15.6 Å². The molecule has 0 radical (unpaired) electrons. The van der Waals surface area contributed by atoms with Crippen LogP contribution >= 0.6 is 0 Å². The largest absolute Gasteiger partial charge is 0.494 e. The van der Waals surface area contributed by atoms with Gasteiger partial charge in [-0.2, -0.15) is 0 Å². The summed E-state index contributed by atoms with van der Waals surface area (Å²) in [6, 6.07) is 17.3. The summed E-state index contributed by atoms with van der Waals surface area (Å²) >= 11 is 0. The van der Waals surface area contributed by atoms with E-state index in [1.807, 2.05) is 31.2 Å². The van der Waals surface area contributed by atoms with Crippen molar-refractivity contribution in [1.29, 1.82) is 0 Å². The van der Waals surface area contributed by atoms with E-state index in [-0.39, 0.29) is 5.91 Å². The van der Waals surface area contributed by atoms with Crippen molar-refractivity contribution < 1.29 is 19.1 Å². The van der Waals surface area contributed by atoms with Crippen LogP contribution in [0.1, 0.15) is 27.6 Å². The lowest BCUT2D eigenvalue weighted by Crippen LogP contribution is -2.13. The van der Waals surface area contributed by atoms with Gasteiger partial charge in [-0.3, -0.25) is 4.79 Å². The lowest BCUT2D eigenvalue weighted by atomic mass is 10.2. The second-order valence-corrected chi connectivity index (χ2v) is 6.04. The van der Waals surface area contributed by atoms with Gasteiger partial charge < -0.3 is 20.1 Å². The highest BCUT2D eigenvalue weighted by molar-refractivity contribution is 6.05. The van der Waals surface area contributed by atoms with Gasteiger partial charge in [-0.25, -0.2) is 9.78 Å². The van der Waals surface area contributed by atoms with Crippen molar-refractivity contribution in [2.45, 2.75) is 6.92 Å². The van der Waals surface area contributed by atoms with E-state index in [1.165, 1.54) is 7.11 Å². The first kappa shape index (κ1) is 19.9. The van der Waals surface area contributed by atoms with Crippen LogP contribution in [-0.4, -0.2) is 30.6 Å². The molecular weight excluding hydrogens is 370 g/mol. The third kappa shape index (κ3) is 5.32. The lowest BCUT2D eigenvalue weighted by Gasteiger charge is -2.10. The van der Waals surface area contributed by atoms with Crippen LogP contribution in [0.3, 0.4) is 0 Å². The fraction of sp³-hybridized carbons (Fsp3) is 0.136. The fourth-order valence-corrected chi connectivity index (χ4v) is 2.63. The molecule has 0 aliphatic carbocycles. The summed E-state index contributed by atoms with van der Waals surface area (Å²) in [5.74, 6) is 0.537. The number of aromatic nitrogens is 1. The Bertz CT molecular complexity index is 1000.